The molecule has 0 spiro atoms. The third-order valence-corrected chi connectivity index (χ3v) is 4.65. The molecular formula is C15H19N3O2S. The second kappa shape index (κ2) is 6.30. The van der Waals surface area contributed by atoms with Gasteiger partial charge in [0, 0.05) is 24.0 Å². The molecule has 112 valence electrons. The first-order chi connectivity index (χ1) is 10.2. The molecular weight excluding hydrogens is 286 g/mol. The minimum atomic E-state index is -0.0110. The SMILES string of the molecule is Cc1cc(C2CCCN2C(=O)NCCc2cccs2)on1. The van der Waals surface area contributed by atoms with Crippen molar-refractivity contribution in [3.05, 3.63) is 39.9 Å². The van der Waals surface area contributed by atoms with E-state index in [1.54, 1.807) is 11.3 Å². The zero-order valence-electron chi connectivity index (χ0n) is 12.0. The van der Waals surface area contributed by atoms with E-state index in [0.29, 0.717) is 6.54 Å². The summed E-state index contributed by atoms with van der Waals surface area (Å²) in [6.45, 7) is 3.33. The van der Waals surface area contributed by atoms with Gasteiger partial charge in [-0.2, -0.15) is 0 Å². The summed E-state index contributed by atoms with van der Waals surface area (Å²) in [5.74, 6) is 0.790. The van der Waals surface area contributed by atoms with E-state index in [1.165, 1.54) is 4.88 Å². The lowest BCUT2D eigenvalue weighted by Gasteiger charge is -2.22. The van der Waals surface area contributed by atoms with Crippen molar-refractivity contribution in [1.82, 2.24) is 15.4 Å². The maximum atomic E-state index is 12.3. The minimum absolute atomic E-state index is 0.0110. The molecule has 1 saturated heterocycles. The fourth-order valence-electron chi connectivity index (χ4n) is 2.69. The Kier molecular flexibility index (Phi) is 4.24. The van der Waals surface area contributed by atoms with E-state index in [0.717, 1.165) is 37.3 Å². The maximum absolute atomic E-state index is 12.3. The number of carbonyl (C=O) groups excluding carboxylic acids is 1. The monoisotopic (exact) mass is 305 g/mol. The number of hydrogen-bond acceptors (Lipinski definition) is 4. The van der Waals surface area contributed by atoms with Crippen molar-refractivity contribution >= 4 is 17.4 Å². The second-order valence-corrected chi connectivity index (χ2v) is 6.32. The Labute approximate surface area is 127 Å². The van der Waals surface area contributed by atoms with Crippen molar-refractivity contribution in [2.24, 2.45) is 0 Å². The highest BCUT2D eigenvalue weighted by Gasteiger charge is 2.32. The van der Waals surface area contributed by atoms with Gasteiger partial charge in [-0.05, 0) is 37.6 Å². The van der Waals surface area contributed by atoms with E-state index < -0.39 is 0 Å². The number of nitrogens with zero attached hydrogens (tertiary/aromatic N) is 2. The molecule has 1 N–H and O–H groups in total. The van der Waals surface area contributed by atoms with Crippen LogP contribution in [0.3, 0.4) is 0 Å². The van der Waals surface area contributed by atoms with Crippen LogP contribution >= 0.6 is 11.3 Å². The van der Waals surface area contributed by atoms with Gasteiger partial charge in [0.2, 0.25) is 0 Å². The first-order valence-corrected chi connectivity index (χ1v) is 8.12. The molecule has 6 heteroatoms. The maximum Gasteiger partial charge on any atom is 0.318 e. The van der Waals surface area contributed by atoms with Crippen LogP contribution in [-0.4, -0.2) is 29.2 Å². The normalized spacial score (nSPS) is 18.1. The van der Waals surface area contributed by atoms with E-state index in [9.17, 15) is 4.79 Å². The van der Waals surface area contributed by atoms with Gasteiger partial charge in [0.15, 0.2) is 5.76 Å². The second-order valence-electron chi connectivity index (χ2n) is 5.28. The topological polar surface area (TPSA) is 58.4 Å². The molecule has 2 aromatic heterocycles. The van der Waals surface area contributed by atoms with E-state index >= 15 is 0 Å². The molecule has 0 saturated carbocycles. The predicted molar refractivity (Wildman–Crippen MR) is 81.3 cm³/mol. The molecule has 3 heterocycles. The van der Waals surface area contributed by atoms with Gasteiger partial charge in [0.1, 0.15) is 0 Å². The van der Waals surface area contributed by atoms with Crippen molar-refractivity contribution in [3.8, 4) is 0 Å². The highest BCUT2D eigenvalue weighted by atomic mass is 32.1. The molecule has 2 amide bonds. The smallest absolute Gasteiger partial charge is 0.318 e. The summed E-state index contributed by atoms with van der Waals surface area (Å²) in [5, 5.41) is 8.98. The number of likely N-dealkylation sites (tertiary alicyclic amines) is 1. The van der Waals surface area contributed by atoms with Crippen molar-refractivity contribution < 1.29 is 9.32 Å². The Morgan fingerprint density at radius 3 is 3.24 bits per heavy atom. The Hall–Kier alpha value is -1.82. The number of thiophene rings is 1. The summed E-state index contributed by atoms with van der Waals surface area (Å²) in [7, 11) is 0. The standard InChI is InChI=1S/C15H19N3O2S/c1-11-10-14(20-17-11)13-5-2-8-18(13)15(19)16-7-6-12-4-3-9-21-12/h3-4,9-10,13H,2,5-8H2,1H3,(H,16,19). The van der Waals surface area contributed by atoms with Crippen LogP contribution in [-0.2, 0) is 6.42 Å². The van der Waals surface area contributed by atoms with Gasteiger partial charge in [-0.15, -0.1) is 11.3 Å². The number of carbonyl (C=O) groups is 1. The number of aryl methyl sites for hydroxylation is 1. The molecule has 21 heavy (non-hydrogen) atoms. The first-order valence-electron chi connectivity index (χ1n) is 7.24. The van der Waals surface area contributed by atoms with Crippen LogP contribution in [0, 0.1) is 6.92 Å². The van der Waals surface area contributed by atoms with Crippen molar-refractivity contribution in [2.75, 3.05) is 13.1 Å². The molecule has 1 aliphatic heterocycles. The van der Waals surface area contributed by atoms with E-state index in [4.69, 9.17) is 4.52 Å². The zero-order chi connectivity index (χ0) is 14.7. The van der Waals surface area contributed by atoms with Crippen LogP contribution in [0.15, 0.2) is 28.1 Å². The van der Waals surface area contributed by atoms with Gasteiger partial charge in [0.25, 0.3) is 0 Å². The zero-order valence-corrected chi connectivity index (χ0v) is 12.9. The van der Waals surface area contributed by atoms with Gasteiger partial charge in [-0.3, -0.25) is 0 Å². The third kappa shape index (κ3) is 3.26. The molecule has 1 aliphatic rings. The highest BCUT2D eigenvalue weighted by Crippen LogP contribution is 2.32. The Balaban J connectivity index is 1.55. The summed E-state index contributed by atoms with van der Waals surface area (Å²) in [5.41, 5.74) is 0.856. The quantitative estimate of drug-likeness (QED) is 0.944. The van der Waals surface area contributed by atoms with Gasteiger partial charge in [-0.25, -0.2) is 4.79 Å². The molecule has 5 nitrogen and oxygen atoms in total. The van der Waals surface area contributed by atoms with Gasteiger partial charge >= 0.3 is 6.03 Å². The highest BCUT2D eigenvalue weighted by molar-refractivity contribution is 7.09. The average Bonchev–Trinajstić information content (AvgIpc) is 3.18. The van der Waals surface area contributed by atoms with Gasteiger partial charge < -0.3 is 14.7 Å². The van der Waals surface area contributed by atoms with Crippen LogP contribution in [0.1, 0.15) is 35.2 Å². The molecule has 1 atom stereocenters. The summed E-state index contributed by atoms with van der Waals surface area (Å²) < 4.78 is 5.32. The van der Waals surface area contributed by atoms with Gasteiger partial charge in [-0.1, -0.05) is 11.2 Å². The molecule has 1 unspecified atom stereocenters. The Morgan fingerprint density at radius 2 is 2.52 bits per heavy atom. The number of hydrogen-bond donors (Lipinski definition) is 1. The largest absolute Gasteiger partial charge is 0.359 e. The fourth-order valence-corrected chi connectivity index (χ4v) is 3.40. The lowest BCUT2D eigenvalue weighted by molar-refractivity contribution is 0.182. The lowest BCUT2D eigenvalue weighted by Crippen LogP contribution is -2.40. The summed E-state index contributed by atoms with van der Waals surface area (Å²) in [4.78, 5) is 15.5. The average molecular weight is 305 g/mol. The van der Waals surface area contributed by atoms with Crippen molar-refractivity contribution in [2.45, 2.75) is 32.2 Å². The summed E-state index contributed by atoms with van der Waals surface area (Å²) in [6.07, 6.45) is 2.82. The summed E-state index contributed by atoms with van der Waals surface area (Å²) >= 11 is 1.72. The number of rotatable bonds is 4. The van der Waals surface area contributed by atoms with E-state index in [2.05, 4.69) is 21.9 Å². The number of aromatic nitrogens is 1. The van der Waals surface area contributed by atoms with E-state index in [1.807, 2.05) is 24.0 Å². The van der Waals surface area contributed by atoms with Crippen LogP contribution in [0.5, 0.6) is 0 Å². The Morgan fingerprint density at radius 1 is 1.62 bits per heavy atom. The molecule has 3 rings (SSSR count). The third-order valence-electron chi connectivity index (χ3n) is 3.72. The van der Waals surface area contributed by atoms with Crippen LogP contribution in [0.2, 0.25) is 0 Å². The van der Waals surface area contributed by atoms with E-state index in [-0.39, 0.29) is 12.1 Å². The van der Waals surface area contributed by atoms with Crippen molar-refractivity contribution in [3.63, 3.8) is 0 Å². The number of amides is 2. The molecule has 0 aliphatic carbocycles. The predicted octanol–water partition coefficient (Wildman–Crippen LogP) is 3.13. The fraction of sp³-hybridized carbons (Fsp3) is 0.467. The molecule has 2 aromatic rings. The summed E-state index contributed by atoms with van der Waals surface area (Å²) in [6, 6.07) is 6.05. The van der Waals surface area contributed by atoms with Crippen LogP contribution in [0.4, 0.5) is 4.79 Å². The Bertz CT molecular complexity index is 594. The van der Waals surface area contributed by atoms with Gasteiger partial charge in [0.05, 0.1) is 11.7 Å². The first kappa shape index (κ1) is 14.1. The number of urea groups is 1. The van der Waals surface area contributed by atoms with Crippen molar-refractivity contribution in [1.29, 1.82) is 0 Å². The number of nitrogens with one attached hydrogen (secondary N) is 1. The molecule has 1 fully saturated rings. The molecule has 0 radical (unpaired) electrons. The van der Waals surface area contributed by atoms with Crippen LogP contribution in [0.25, 0.3) is 0 Å². The minimum Gasteiger partial charge on any atom is -0.359 e. The molecule has 0 aromatic carbocycles. The lowest BCUT2D eigenvalue weighted by atomic mass is 10.1. The molecule has 0 bridgehead atoms. The van der Waals surface area contributed by atoms with Crippen LogP contribution < -0.4 is 5.32 Å².